The van der Waals surface area contributed by atoms with Gasteiger partial charge < -0.3 is 5.32 Å². The lowest BCUT2D eigenvalue weighted by atomic mass is 10.1. The molecule has 0 aromatic heterocycles. The molecule has 21 heavy (non-hydrogen) atoms. The third-order valence-corrected chi connectivity index (χ3v) is 6.36. The number of piperidine rings is 1. The zero-order chi connectivity index (χ0) is 14.9. The van der Waals surface area contributed by atoms with Crippen molar-refractivity contribution in [1.82, 2.24) is 9.62 Å². The van der Waals surface area contributed by atoms with Crippen LogP contribution in [0.4, 0.5) is 4.39 Å². The average Bonchev–Trinajstić information content (AvgIpc) is 2.42. The van der Waals surface area contributed by atoms with E-state index in [0.29, 0.717) is 5.56 Å². The zero-order valence-electron chi connectivity index (χ0n) is 11.9. The summed E-state index contributed by atoms with van der Waals surface area (Å²) in [4.78, 5) is 0.159. The monoisotopic (exact) mass is 400 g/mol. The standard InChI is InChI=1S/C13H18BrFN2O2S.ClH/c1-9-7-12(15)11(14)8-13(9)20(18,19)17(2)10-3-5-16-6-4-10;/h7-8,10,16H,3-6H2,1-2H3;1H. The molecule has 1 aromatic rings. The predicted octanol–water partition coefficient (Wildman–Crippen LogP) is 2.69. The minimum Gasteiger partial charge on any atom is -0.317 e. The van der Waals surface area contributed by atoms with E-state index in [2.05, 4.69) is 21.2 Å². The number of aryl methyl sites for hydroxylation is 1. The summed E-state index contributed by atoms with van der Waals surface area (Å²) in [6, 6.07) is 2.58. The Bertz CT molecular complexity index is 606. The first-order valence-corrected chi connectivity index (χ1v) is 8.71. The fraction of sp³-hybridized carbons (Fsp3) is 0.538. The van der Waals surface area contributed by atoms with Crippen LogP contribution >= 0.6 is 28.3 Å². The van der Waals surface area contributed by atoms with Crippen LogP contribution in [0.25, 0.3) is 0 Å². The normalized spacial score (nSPS) is 16.8. The van der Waals surface area contributed by atoms with Crippen molar-refractivity contribution in [3.8, 4) is 0 Å². The predicted molar refractivity (Wildman–Crippen MR) is 86.9 cm³/mol. The quantitative estimate of drug-likeness (QED) is 0.847. The van der Waals surface area contributed by atoms with Gasteiger partial charge in [-0.15, -0.1) is 12.4 Å². The molecule has 0 bridgehead atoms. The molecule has 0 spiro atoms. The van der Waals surface area contributed by atoms with Gasteiger partial charge in [0.1, 0.15) is 5.82 Å². The molecule has 1 aromatic carbocycles. The van der Waals surface area contributed by atoms with Crippen molar-refractivity contribution < 1.29 is 12.8 Å². The van der Waals surface area contributed by atoms with Gasteiger partial charge in [-0.25, -0.2) is 12.8 Å². The molecule has 1 aliphatic heterocycles. The third-order valence-electron chi connectivity index (χ3n) is 3.70. The molecule has 0 amide bonds. The summed E-state index contributed by atoms with van der Waals surface area (Å²) in [6.45, 7) is 3.24. The van der Waals surface area contributed by atoms with Crippen molar-refractivity contribution in [3.63, 3.8) is 0 Å². The Labute approximate surface area is 139 Å². The first-order valence-electron chi connectivity index (χ1n) is 6.48. The van der Waals surface area contributed by atoms with Crippen LogP contribution in [0.15, 0.2) is 21.5 Å². The number of sulfonamides is 1. The van der Waals surface area contributed by atoms with Gasteiger partial charge in [-0.2, -0.15) is 4.31 Å². The number of benzene rings is 1. The highest BCUT2D eigenvalue weighted by Gasteiger charge is 2.30. The summed E-state index contributed by atoms with van der Waals surface area (Å²) in [6.07, 6.45) is 1.58. The number of rotatable bonds is 3. The van der Waals surface area contributed by atoms with Gasteiger partial charge >= 0.3 is 0 Å². The largest absolute Gasteiger partial charge is 0.317 e. The molecule has 4 nitrogen and oxygen atoms in total. The van der Waals surface area contributed by atoms with Crippen molar-refractivity contribution in [2.45, 2.75) is 30.7 Å². The molecule has 1 heterocycles. The number of nitrogens with one attached hydrogen (secondary N) is 1. The Morgan fingerprint density at radius 1 is 1.33 bits per heavy atom. The maximum atomic E-state index is 13.4. The van der Waals surface area contributed by atoms with E-state index < -0.39 is 15.8 Å². The van der Waals surface area contributed by atoms with Gasteiger partial charge in [0.2, 0.25) is 10.0 Å². The number of nitrogens with zero attached hydrogens (tertiary/aromatic N) is 1. The molecule has 0 atom stereocenters. The van der Waals surface area contributed by atoms with E-state index in [1.54, 1.807) is 14.0 Å². The van der Waals surface area contributed by atoms with E-state index in [4.69, 9.17) is 0 Å². The van der Waals surface area contributed by atoms with Crippen molar-refractivity contribution in [1.29, 1.82) is 0 Å². The van der Waals surface area contributed by atoms with Crippen LogP contribution in [0.1, 0.15) is 18.4 Å². The average molecular weight is 402 g/mol. The van der Waals surface area contributed by atoms with E-state index in [1.165, 1.54) is 16.4 Å². The first-order chi connectivity index (χ1) is 9.34. The summed E-state index contributed by atoms with van der Waals surface area (Å²) < 4.78 is 40.4. The van der Waals surface area contributed by atoms with Gasteiger partial charge in [-0.05, 0) is 66.5 Å². The summed E-state index contributed by atoms with van der Waals surface area (Å²) in [5, 5.41) is 3.21. The Morgan fingerprint density at radius 3 is 2.48 bits per heavy atom. The van der Waals surface area contributed by atoms with Gasteiger partial charge in [0, 0.05) is 13.1 Å². The molecule has 0 aliphatic carbocycles. The van der Waals surface area contributed by atoms with E-state index >= 15 is 0 Å². The van der Waals surface area contributed by atoms with Crippen LogP contribution in [0.3, 0.4) is 0 Å². The number of hydrogen-bond donors (Lipinski definition) is 1. The SMILES string of the molecule is Cc1cc(F)c(Br)cc1S(=O)(=O)N(C)C1CCNCC1.Cl. The minimum absolute atomic E-state index is 0. The summed E-state index contributed by atoms with van der Waals surface area (Å²) >= 11 is 3.05. The molecule has 1 aliphatic rings. The highest BCUT2D eigenvalue weighted by molar-refractivity contribution is 9.10. The number of hydrogen-bond acceptors (Lipinski definition) is 3. The summed E-state index contributed by atoms with van der Waals surface area (Å²) in [5.74, 6) is -0.453. The molecule has 1 saturated heterocycles. The molecule has 1 N–H and O–H groups in total. The molecular formula is C13H19BrClFN2O2S. The lowest BCUT2D eigenvalue weighted by molar-refractivity contribution is 0.296. The maximum absolute atomic E-state index is 13.4. The lowest BCUT2D eigenvalue weighted by Gasteiger charge is -2.31. The van der Waals surface area contributed by atoms with Crippen molar-refractivity contribution in [3.05, 3.63) is 28.0 Å². The fourth-order valence-corrected chi connectivity index (χ4v) is 4.57. The van der Waals surface area contributed by atoms with Crippen LogP contribution in [-0.4, -0.2) is 38.9 Å². The van der Waals surface area contributed by atoms with Crippen molar-refractivity contribution in [2.75, 3.05) is 20.1 Å². The van der Waals surface area contributed by atoms with E-state index in [-0.39, 0.29) is 27.8 Å². The van der Waals surface area contributed by atoms with Gasteiger partial charge in [0.15, 0.2) is 0 Å². The number of halogens is 3. The van der Waals surface area contributed by atoms with Crippen LogP contribution in [-0.2, 0) is 10.0 Å². The second kappa shape index (κ2) is 7.37. The van der Waals surface area contributed by atoms with Crippen LogP contribution in [0.2, 0.25) is 0 Å². The second-order valence-corrected chi connectivity index (χ2v) is 7.85. The Kier molecular flexibility index (Phi) is 6.61. The van der Waals surface area contributed by atoms with Crippen LogP contribution in [0, 0.1) is 12.7 Å². The maximum Gasteiger partial charge on any atom is 0.243 e. The van der Waals surface area contributed by atoms with Gasteiger partial charge in [-0.1, -0.05) is 0 Å². The topological polar surface area (TPSA) is 49.4 Å². The van der Waals surface area contributed by atoms with Crippen molar-refractivity contribution in [2.24, 2.45) is 0 Å². The van der Waals surface area contributed by atoms with Gasteiger partial charge in [0.25, 0.3) is 0 Å². The highest BCUT2D eigenvalue weighted by Crippen LogP contribution is 2.28. The van der Waals surface area contributed by atoms with Crippen molar-refractivity contribution >= 4 is 38.4 Å². The molecule has 1 fully saturated rings. The molecule has 120 valence electrons. The molecule has 8 heteroatoms. The smallest absolute Gasteiger partial charge is 0.243 e. The molecule has 2 rings (SSSR count). The Morgan fingerprint density at radius 2 is 1.90 bits per heavy atom. The second-order valence-electron chi connectivity index (χ2n) is 5.03. The molecule has 0 unspecified atom stereocenters. The molecular weight excluding hydrogens is 383 g/mol. The van der Waals surface area contributed by atoms with Crippen LogP contribution < -0.4 is 5.32 Å². The van der Waals surface area contributed by atoms with Gasteiger partial charge in [-0.3, -0.25) is 0 Å². The Hall–Kier alpha value is -0.210. The van der Waals surface area contributed by atoms with E-state index in [9.17, 15) is 12.8 Å². The molecule has 0 radical (unpaired) electrons. The first kappa shape index (κ1) is 18.8. The lowest BCUT2D eigenvalue weighted by Crippen LogP contribution is -2.44. The van der Waals surface area contributed by atoms with E-state index in [0.717, 1.165) is 25.9 Å². The van der Waals surface area contributed by atoms with Crippen LogP contribution in [0.5, 0.6) is 0 Å². The zero-order valence-corrected chi connectivity index (χ0v) is 15.1. The highest BCUT2D eigenvalue weighted by atomic mass is 79.9. The van der Waals surface area contributed by atoms with Gasteiger partial charge in [0.05, 0.1) is 9.37 Å². The summed E-state index contributed by atoms with van der Waals surface area (Å²) in [7, 11) is -2.00. The van der Waals surface area contributed by atoms with E-state index in [1.807, 2.05) is 0 Å². The minimum atomic E-state index is -3.60. The Balaban J connectivity index is 0.00000220. The summed E-state index contributed by atoms with van der Waals surface area (Å²) in [5.41, 5.74) is 0.423. The fourth-order valence-electron chi connectivity index (χ4n) is 2.43. The molecule has 0 saturated carbocycles. The third kappa shape index (κ3) is 3.96.